The molecule has 0 unspecified atom stereocenters. The highest BCUT2D eigenvalue weighted by Crippen LogP contribution is 2.14. The molecule has 0 aliphatic heterocycles. The molecule has 2 aromatic rings. The molecule has 0 heterocycles. The van der Waals surface area contributed by atoms with Crippen LogP contribution in [0.5, 0.6) is 5.75 Å². The Balaban J connectivity index is 1.95. The van der Waals surface area contributed by atoms with Gasteiger partial charge in [-0.15, -0.1) is 0 Å². The molecule has 0 aliphatic carbocycles. The van der Waals surface area contributed by atoms with E-state index in [0.29, 0.717) is 25.3 Å². The Morgan fingerprint density at radius 1 is 1.00 bits per heavy atom. The van der Waals surface area contributed by atoms with E-state index in [1.807, 2.05) is 54.6 Å². The van der Waals surface area contributed by atoms with Crippen LogP contribution in [0, 0.1) is 0 Å². The molecule has 4 nitrogen and oxygen atoms in total. The average molecular weight is 298 g/mol. The Hall–Kier alpha value is -2.33. The van der Waals surface area contributed by atoms with E-state index in [2.05, 4.69) is 5.32 Å². The van der Waals surface area contributed by atoms with E-state index < -0.39 is 0 Å². The van der Waals surface area contributed by atoms with E-state index in [1.54, 1.807) is 0 Å². The fourth-order valence-electron chi connectivity index (χ4n) is 2.11. The summed E-state index contributed by atoms with van der Waals surface area (Å²) < 4.78 is 5.73. The second kappa shape index (κ2) is 8.85. The summed E-state index contributed by atoms with van der Waals surface area (Å²) in [7, 11) is 0. The zero-order valence-corrected chi connectivity index (χ0v) is 12.6. The summed E-state index contributed by atoms with van der Waals surface area (Å²) >= 11 is 0. The van der Waals surface area contributed by atoms with E-state index >= 15 is 0 Å². The molecule has 0 bridgehead atoms. The quantitative estimate of drug-likeness (QED) is 0.737. The summed E-state index contributed by atoms with van der Waals surface area (Å²) in [4.78, 5) is 12.2. The van der Waals surface area contributed by atoms with Crippen molar-refractivity contribution in [3.05, 3.63) is 65.7 Å². The van der Waals surface area contributed by atoms with Gasteiger partial charge in [0.05, 0.1) is 0 Å². The van der Waals surface area contributed by atoms with Crippen molar-refractivity contribution >= 4 is 5.91 Å². The van der Waals surface area contributed by atoms with Gasteiger partial charge in [-0.05, 0) is 37.6 Å². The Kier molecular flexibility index (Phi) is 6.45. The lowest BCUT2D eigenvalue weighted by Crippen LogP contribution is -2.26. The highest BCUT2D eigenvalue weighted by molar-refractivity contribution is 5.95. The Morgan fingerprint density at radius 3 is 2.50 bits per heavy atom. The average Bonchev–Trinajstić information content (AvgIpc) is 2.58. The normalized spacial score (nSPS) is 10.2. The van der Waals surface area contributed by atoms with Gasteiger partial charge in [-0.2, -0.15) is 0 Å². The molecule has 0 spiro atoms. The van der Waals surface area contributed by atoms with Crippen molar-refractivity contribution in [2.75, 3.05) is 13.1 Å². The lowest BCUT2D eigenvalue weighted by atomic mass is 10.1. The Morgan fingerprint density at radius 2 is 1.73 bits per heavy atom. The summed E-state index contributed by atoms with van der Waals surface area (Å²) in [5, 5.41) is 2.92. The predicted molar refractivity (Wildman–Crippen MR) is 87.8 cm³/mol. The van der Waals surface area contributed by atoms with Crippen LogP contribution in [0.15, 0.2) is 54.6 Å². The number of carbonyl (C=O) groups excluding carboxylic acids is 1. The number of amides is 1. The van der Waals surface area contributed by atoms with Crippen LogP contribution in [0.1, 0.15) is 28.8 Å². The molecule has 2 aromatic carbocycles. The van der Waals surface area contributed by atoms with Crippen molar-refractivity contribution in [2.45, 2.75) is 19.4 Å². The van der Waals surface area contributed by atoms with E-state index in [9.17, 15) is 4.79 Å². The molecular weight excluding hydrogens is 276 g/mol. The van der Waals surface area contributed by atoms with Gasteiger partial charge in [0, 0.05) is 17.7 Å². The second-order valence-electron chi connectivity index (χ2n) is 5.01. The van der Waals surface area contributed by atoms with Crippen molar-refractivity contribution < 1.29 is 9.53 Å². The molecule has 4 heteroatoms. The third-order valence-electron chi connectivity index (χ3n) is 3.32. The van der Waals surface area contributed by atoms with Crippen molar-refractivity contribution in [1.82, 2.24) is 5.32 Å². The molecule has 3 N–H and O–H groups in total. The molecule has 0 saturated heterocycles. The van der Waals surface area contributed by atoms with Gasteiger partial charge in [0.25, 0.3) is 5.91 Å². The molecule has 0 aliphatic rings. The van der Waals surface area contributed by atoms with Crippen molar-refractivity contribution in [2.24, 2.45) is 5.73 Å². The molecular formula is C18H22N2O2. The van der Waals surface area contributed by atoms with Gasteiger partial charge in [-0.1, -0.05) is 36.4 Å². The van der Waals surface area contributed by atoms with E-state index in [0.717, 1.165) is 24.2 Å². The third kappa shape index (κ3) is 4.90. The standard InChI is InChI=1S/C18H22N2O2/c19-12-6-7-13-20-18(21)17-11-5-4-8-15(17)14-22-16-9-2-1-3-10-16/h1-5,8-11H,6-7,12-14,19H2,(H,20,21). The van der Waals surface area contributed by atoms with Crippen LogP contribution in [0.3, 0.4) is 0 Å². The van der Waals surface area contributed by atoms with Crippen LogP contribution in [0.25, 0.3) is 0 Å². The first-order chi connectivity index (χ1) is 10.8. The molecule has 0 atom stereocenters. The van der Waals surface area contributed by atoms with Gasteiger partial charge < -0.3 is 15.8 Å². The van der Waals surface area contributed by atoms with Crippen LogP contribution in [0.4, 0.5) is 0 Å². The topological polar surface area (TPSA) is 64.3 Å². The summed E-state index contributed by atoms with van der Waals surface area (Å²) in [5.74, 6) is 0.727. The van der Waals surface area contributed by atoms with Gasteiger partial charge in [-0.3, -0.25) is 4.79 Å². The molecule has 22 heavy (non-hydrogen) atoms. The molecule has 0 aromatic heterocycles. The van der Waals surface area contributed by atoms with E-state index in [1.165, 1.54) is 0 Å². The maximum Gasteiger partial charge on any atom is 0.251 e. The Bertz CT molecular complexity index is 585. The number of carbonyl (C=O) groups is 1. The number of para-hydroxylation sites is 1. The number of benzene rings is 2. The zero-order chi connectivity index (χ0) is 15.6. The number of hydrogen-bond acceptors (Lipinski definition) is 3. The van der Waals surface area contributed by atoms with Crippen LogP contribution in [-0.2, 0) is 6.61 Å². The molecule has 116 valence electrons. The maximum atomic E-state index is 12.2. The largest absolute Gasteiger partial charge is 0.489 e. The maximum absolute atomic E-state index is 12.2. The highest BCUT2D eigenvalue weighted by atomic mass is 16.5. The van der Waals surface area contributed by atoms with E-state index in [-0.39, 0.29) is 5.91 Å². The number of nitrogens with two attached hydrogens (primary N) is 1. The minimum Gasteiger partial charge on any atom is -0.489 e. The van der Waals surface area contributed by atoms with Crippen molar-refractivity contribution in [3.8, 4) is 5.75 Å². The first kappa shape index (κ1) is 16.0. The van der Waals surface area contributed by atoms with Crippen molar-refractivity contribution in [1.29, 1.82) is 0 Å². The first-order valence-corrected chi connectivity index (χ1v) is 7.55. The lowest BCUT2D eigenvalue weighted by Gasteiger charge is -2.11. The van der Waals surface area contributed by atoms with Gasteiger partial charge in [-0.25, -0.2) is 0 Å². The van der Waals surface area contributed by atoms with Gasteiger partial charge in [0.2, 0.25) is 0 Å². The van der Waals surface area contributed by atoms with Crippen LogP contribution in [-0.4, -0.2) is 19.0 Å². The molecule has 0 saturated carbocycles. The van der Waals surface area contributed by atoms with Gasteiger partial charge in [0.1, 0.15) is 12.4 Å². The monoisotopic (exact) mass is 298 g/mol. The highest BCUT2D eigenvalue weighted by Gasteiger charge is 2.10. The van der Waals surface area contributed by atoms with Gasteiger partial charge in [0.15, 0.2) is 0 Å². The smallest absolute Gasteiger partial charge is 0.251 e. The summed E-state index contributed by atoms with van der Waals surface area (Å²) in [6.45, 7) is 1.66. The van der Waals surface area contributed by atoms with Crippen LogP contribution in [0.2, 0.25) is 0 Å². The number of nitrogens with one attached hydrogen (secondary N) is 1. The fraction of sp³-hybridized carbons (Fsp3) is 0.278. The minimum atomic E-state index is -0.0655. The lowest BCUT2D eigenvalue weighted by molar-refractivity contribution is 0.0950. The summed E-state index contributed by atoms with van der Waals surface area (Å²) in [6, 6.07) is 17.1. The van der Waals surface area contributed by atoms with Crippen LogP contribution >= 0.6 is 0 Å². The second-order valence-corrected chi connectivity index (χ2v) is 5.01. The Labute approximate surface area is 131 Å². The summed E-state index contributed by atoms with van der Waals surface area (Å²) in [6.07, 6.45) is 1.81. The number of rotatable bonds is 8. The minimum absolute atomic E-state index is 0.0655. The fourth-order valence-corrected chi connectivity index (χ4v) is 2.11. The van der Waals surface area contributed by atoms with Crippen LogP contribution < -0.4 is 15.8 Å². The molecule has 0 radical (unpaired) electrons. The predicted octanol–water partition coefficient (Wildman–Crippen LogP) is 2.73. The van der Waals surface area contributed by atoms with Crippen molar-refractivity contribution in [3.63, 3.8) is 0 Å². The molecule has 1 amide bonds. The third-order valence-corrected chi connectivity index (χ3v) is 3.32. The van der Waals surface area contributed by atoms with E-state index in [4.69, 9.17) is 10.5 Å². The molecule has 0 fully saturated rings. The SMILES string of the molecule is NCCCCNC(=O)c1ccccc1COc1ccccc1. The summed E-state index contributed by atoms with van der Waals surface area (Å²) in [5.41, 5.74) is 6.98. The number of hydrogen-bond donors (Lipinski definition) is 2. The number of unbranched alkanes of at least 4 members (excludes halogenated alkanes) is 1. The number of ether oxygens (including phenoxy) is 1. The van der Waals surface area contributed by atoms with Gasteiger partial charge >= 0.3 is 0 Å². The zero-order valence-electron chi connectivity index (χ0n) is 12.6. The molecule has 2 rings (SSSR count). The first-order valence-electron chi connectivity index (χ1n) is 7.55.